The number of benzene rings is 6. The number of para-hydroxylation sites is 3. The first-order chi connectivity index (χ1) is 20.5. The Morgan fingerprint density at radius 1 is 0.429 bits per heavy atom. The van der Waals surface area contributed by atoms with Crippen molar-refractivity contribution >= 4 is 50.1 Å². The van der Waals surface area contributed by atoms with E-state index >= 15 is 0 Å². The summed E-state index contributed by atoms with van der Waals surface area (Å²) in [7, 11) is 0. The molecule has 0 aromatic heterocycles. The van der Waals surface area contributed by atoms with Crippen LogP contribution in [-0.2, 0) is 5.41 Å². The second-order valence-corrected chi connectivity index (χ2v) is 12.1. The third kappa shape index (κ3) is 4.51. The number of nitrogens with zero attached hydrogens (tertiary/aromatic N) is 2. The molecule has 1 aliphatic rings. The SMILES string of the molecule is CC1(C)c2ccccc2-c2ccc(N(c3ccccc3)c3ccc(N(c4ccccc4)c4ccccc4)c(Br)c3)cc21. The summed E-state index contributed by atoms with van der Waals surface area (Å²) < 4.78 is 1.02. The first-order valence-electron chi connectivity index (χ1n) is 14.3. The maximum atomic E-state index is 3.97. The van der Waals surface area contributed by atoms with Gasteiger partial charge in [0.15, 0.2) is 0 Å². The van der Waals surface area contributed by atoms with Gasteiger partial charge in [0.1, 0.15) is 0 Å². The van der Waals surface area contributed by atoms with Gasteiger partial charge in [-0.05, 0) is 105 Å². The van der Waals surface area contributed by atoms with Crippen molar-refractivity contribution in [2.45, 2.75) is 19.3 Å². The van der Waals surface area contributed by atoms with E-state index in [4.69, 9.17) is 0 Å². The molecule has 7 rings (SSSR count). The first kappa shape index (κ1) is 26.3. The summed E-state index contributed by atoms with van der Waals surface area (Å²) >= 11 is 3.97. The smallest absolute Gasteiger partial charge is 0.0605 e. The molecule has 42 heavy (non-hydrogen) atoms. The number of rotatable bonds is 6. The Bertz CT molecular complexity index is 1820. The van der Waals surface area contributed by atoms with Gasteiger partial charge in [0, 0.05) is 38.3 Å². The fourth-order valence-electron chi connectivity index (χ4n) is 6.25. The second kappa shape index (κ2) is 10.7. The minimum atomic E-state index is -0.0688. The largest absolute Gasteiger partial charge is 0.310 e. The van der Waals surface area contributed by atoms with Crippen LogP contribution < -0.4 is 9.80 Å². The lowest BCUT2D eigenvalue weighted by molar-refractivity contribution is 0.660. The van der Waals surface area contributed by atoms with Crippen LogP contribution in [0.15, 0.2) is 156 Å². The molecule has 0 heterocycles. The predicted octanol–water partition coefficient (Wildman–Crippen LogP) is 11.7. The van der Waals surface area contributed by atoms with E-state index in [-0.39, 0.29) is 5.41 Å². The van der Waals surface area contributed by atoms with Gasteiger partial charge in [-0.15, -0.1) is 0 Å². The van der Waals surface area contributed by atoms with E-state index in [2.05, 4.69) is 191 Å². The minimum Gasteiger partial charge on any atom is -0.310 e. The van der Waals surface area contributed by atoms with Gasteiger partial charge in [-0.25, -0.2) is 0 Å². The molecule has 6 aromatic rings. The van der Waals surface area contributed by atoms with Crippen LogP contribution in [0.2, 0.25) is 0 Å². The van der Waals surface area contributed by atoms with Gasteiger partial charge in [0.25, 0.3) is 0 Å². The van der Waals surface area contributed by atoms with Crippen LogP contribution in [0.4, 0.5) is 34.1 Å². The van der Waals surface area contributed by atoms with E-state index < -0.39 is 0 Å². The monoisotopic (exact) mass is 606 g/mol. The topological polar surface area (TPSA) is 6.48 Å². The summed E-state index contributed by atoms with van der Waals surface area (Å²) in [5, 5.41) is 0. The van der Waals surface area contributed by atoms with Crippen molar-refractivity contribution in [3.8, 4) is 11.1 Å². The highest BCUT2D eigenvalue weighted by Gasteiger charge is 2.35. The lowest BCUT2D eigenvalue weighted by Crippen LogP contribution is -2.16. The van der Waals surface area contributed by atoms with Gasteiger partial charge < -0.3 is 9.80 Å². The maximum absolute atomic E-state index is 3.97. The van der Waals surface area contributed by atoms with Crippen molar-refractivity contribution in [2.24, 2.45) is 0 Å². The fraction of sp³-hybridized carbons (Fsp3) is 0.0769. The van der Waals surface area contributed by atoms with Crippen LogP contribution in [0.1, 0.15) is 25.0 Å². The van der Waals surface area contributed by atoms with E-state index in [1.807, 2.05) is 0 Å². The molecule has 3 heteroatoms. The highest BCUT2D eigenvalue weighted by molar-refractivity contribution is 9.10. The van der Waals surface area contributed by atoms with Crippen LogP contribution in [0.3, 0.4) is 0 Å². The van der Waals surface area contributed by atoms with Crippen molar-refractivity contribution in [3.05, 3.63) is 167 Å². The van der Waals surface area contributed by atoms with Gasteiger partial charge in [-0.2, -0.15) is 0 Å². The van der Waals surface area contributed by atoms with Crippen molar-refractivity contribution in [3.63, 3.8) is 0 Å². The molecule has 0 fully saturated rings. The number of hydrogen-bond donors (Lipinski definition) is 0. The molecule has 0 atom stereocenters. The molecule has 0 bridgehead atoms. The summed E-state index contributed by atoms with van der Waals surface area (Å²) in [6.07, 6.45) is 0. The normalized spacial score (nSPS) is 12.8. The highest BCUT2D eigenvalue weighted by Crippen LogP contribution is 2.51. The van der Waals surface area contributed by atoms with E-state index in [1.165, 1.54) is 22.3 Å². The predicted molar refractivity (Wildman–Crippen MR) is 181 cm³/mol. The average Bonchev–Trinajstić information content (AvgIpc) is 3.26. The van der Waals surface area contributed by atoms with Gasteiger partial charge in [0.05, 0.1) is 5.69 Å². The number of halogens is 1. The van der Waals surface area contributed by atoms with Gasteiger partial charge in [-0.1, -0.05) is 98.8 Å². The molecule has 0 unspecified atom stereocenters. The van der Waals surface area contributed by atoms with Gasteiger partial charge >= 0.3 is 0 Å². The Morgan fingerprint density at radius 3 is 1.50 bits per heavy atom. The Hall–Kier alpha value is -4.60. The van der Waals surface area contributed by atoms with Crippen LogP contribution in [0.25, 0.3) is 11.1 Å². The Balaban J connectivity index is 1.35. The number of fused-ring (bicyclic) bond motifs is 3. The lowest BCUT2D eigenvalue weighted by atomic mass is 9.82. The summed E-state index contributed by atoms with van der Waals surface area (Å²) in [5.41, 5.74) is 12.0. The van der Waals surface area contributed by atoms with Crippen molar-refractivity contribution < 1.29 is 0 Å². The van der Waals surface area contributed by atoms with Gasteiger partial charge in [-0.3, -0.25) is 0 Å². The van der Waals surface area contributed by atoms with Gasteiger partial charge in [0.2, 0.25) is 0 Å². The third-order valence-corrected chi connectivity index (χ3v) is 8.93. The molecule has 6 aromatic carbocycles. The molecule has 0 N–H and O–H groups in total. The summed E-state index contributed by atoms with van der Waals surface area (Å²) in [6, 6.07) is 54.1. The highest BCUT2D eigenvalue weighted by atomic mass is 79.9. The van der Waals surface area contributed by atoms with Crippen LogP contribution in [-0.4, -0.2) is 0 Å². The zero-order chi connectivity index (χ0) is 28.7. The molecular weight excluding hydrogens is 576 g/mol. The Labute approximate surface area is 256 Å². The molecule has 0 saturated carbocycles. The molecule has 1 aliphatic carbocycles. The van der Waals surface area contributed by atoms with Crippen LogP contribution in [0.5, 0.6) is 0 Å². The Morgan fingerprint density at radius 2 is 0.905 bits per heavy atom. The third-order valence-electron chi connectivity index (χ3n) is 8.30. The maximum Gasteiger partial charge on any atom is 0.0605 e. The fourth-order valence-corrected chi connectivity index (χ4v) is 6.80. The van der Waals surface area contributed by atoms with Crippen molar-refractivity contribution in [1.29, 1.82) is 0 Å². The van der Waals surface area contributed by atoms with Crippen LogP contribution >= 0.6 is 15.9 Å². The van der Waals surface area contributed by atoms with Crippen molar-refractivity contribution in [1.82, 2.24) is 0 Å². The minimum absolute atomic E-state index is 0.0688. The van der Waals surface area contributed by atoms with Crippen molar-refractivity contribution in [2.75, 3.05) is 9.80 Å². The number of hydrogen-bond acceptors (Lipinski definition) is 2. The molecule has 0 aliphatic heterocycles. The zero-order valence-electron chi connectivity index (χ0n) is 23.7. The standard InChI is InChI=1S/C39H31BrN2/c1-39(2)35-21-13-12-20-33(35)34-24-22-31(26-36(34)39)41(28-14-6-3-7-15-28)32-23-25-38(37(40)27-32)42(29-16-8-4-9-17-29)30-18-10-5-11-19-30/h3-27H,1-2H3. The van der Waals surface area contributed by atoms with E-state index in [9.17, 15) is 0 Å². The average molecular weight is 608 g/mol. The molecule has 0 radical (unpaired) electrons. The van der Waals surface area contributed by atoms with E-state index in [0.29, 0.717) is 0 Å². The quantitative estimate of drug-likeness (QED) is 0.186. The second-order valence-electron chi connectivity index (χ2n) is 11.2. The molecule has 204 valence electrons. The number of anilines is 6. The molecule has 0 amide bonds. The first-order valence-corrected chi connectivity index (χ1v) is 15.1. The summed E-state index contributed by atoms with van der Waals surface area (Å²) in [4.78, 5) is 4.64. The molecule has 2 nitrogen and oxygen atoms in total. The lowest BCUT2D eigenvalue weighted by Gasteiger charge is -2.30. The zero-order valence-corrected chi connectivity index (χ0v) is 25.3. The summed E-state index contributed by atoms with van der Waals surface area (Å²) in [6.45, 7) is 4.67. The summed E-state index contributed by atoms with van der Waals surface area (Å²) in [5.74, 6) is 0. The Kier molecular flexibility index (Phi) is 6.68. The molecule has 0 spiro atoms. The van der Waals surface area contributed by atoms with E-state index in [0.717, 1.165) is 38.6 Å². The van der Waals surface area contributed by atoms with E-state index in [1.54, 1.807) is 0 Å². The molecular formula is C39H31BrN2. The van der Waals surface area contributed by atoms with Crippen LogP contribution in [0, 0.1) is 0 Å². The molecule has 0 saturated heterocycles.